The lowest BCUT2D eigenvalue weighted by molar-refractivity contribution is -0.385. The number of nitro benzene ring substituents is 2. The van der Waals surface area contributed by atoms with Crippen molar-refractivity contribution in [3.8, 4) is 28.6 Å². The summed E-state index contributed by atoms with van der Waals surface area (Å²) in [7, 11) is 0. The van der Waals surface area contributed by atoms with E-state index in [0.29, 0.717) is 28.6 Å². The number of hydrogen-bond acceptors (Lipinski definition) is 8. The summed E-state index contributed by atoms with van der Waals surface area (Å²) in [5, 5.41) is 25.6. The molecule has 4 aromatic rings. The smallest absolute Gasteiger partial charge is 0.271 e. The van der Waals surface area contributed by atoms with Crippen molar-refractivity contribution in [1.29, 1.82) is 0 Å². The minimum absolute atomic E-state index is 0.0229. The minimum Gasteiger partial charge on any atom is -0.487 e. The summed E-state index contributed by atoms with van der Waals surface area (Å²) in [6.45, 7) is 0.204. The van der Waals surface area contributed by atoms with Crippen LogP contribution in [0.25, 0.3) is 22.8 Å². The van der Waals surface area contributed by atoms with Crippen LogP contribution in [0.4, 0.5) is 11.4 Å². The Hall–Kier alpha value is -4.31. The van der Waals surface area contributed by atoms with Crippen LogP contribution in [-0.4, -0.2) is 20.0 Å². The van der Waals surface area contributed by atoms with E-state index in [0.717, 1.165) is 5.56 Å². The Labute approximate surface area is 185 Å². The van der Waals surface area contributed by atoms with Crippen LogP contribution in [0.3, 0.4) is 0 Å². The molecule has 1 heterocycles. The third-order valence-corrected chi connectivity index (χ3v) is 4.78. The summed E-state index contributed by atoms with van der Waals surface area (Å²) in [6.07, 6.45) is 0. The summed E-state index contributed by atoms with van der Waals surface area (Å²) in [5.41, 5.74) is 1.97. The molecule has 0 saturated heterocycles. The quantitative estimate of drug-likeness (QED) is 0.266. The van der Waals surface area contributed by atoms with E-state index in [1.54, 1.807) is 24.3 Å². The molecule has 160 valence electrons. The van der Waals surface area contributed by atoms with Gasteiger partial charge in [0.25, 0.3) is 17.3 Å². The van der Waals surface area contributed by atoms with Crippen molar-refractivity contribution in [2.75, 3.05) is 0 Å². The fraction of sp³-hybridized carbons (Fsp3) is 0.0476. The zero-order valence-corrected chi connectivity index (χ0v) is 16.9. The average molecular weight is 453 g/mol. The molecule has 32 heavy (non-hydrogen) atoms. The maximum absolute atomic E-state index is 10.8. The molecule has 0 radical (unpaired) electrons. The molecule has 0 bridgehead atoms. The van der Waals surface area contributed by atoms with Gasteiger partial charge in [0, 0.05) is 35.4 Å². The van der Waals surface area contributed by atoms with E-state index in [9.17, 15) is 20.2 Å². The first-order valence-corrected chi connectivity index (χ1v) is 9.53. The normalized spacial score (nSPS) is 10.7. The number of nitro groups is 2. The molecule has 0 unspecified atom stereocenters. The Kier molecular flexibility index (Phi) is 5.77. The first-order valence-electron chi connectivity index (χ1n) is 9.15. The number of aromatic nitrogens is 2. The van der Waals surface area contributed by atoms with Crippen molar-refractivity contribution in [1.82, 2.24) is 10.1 Å². The zero-order valence-electron chi connectivity index (χ0n) is 16.2. The number of ether oxygens (including phenoxy) is 1. The van der Waals surface area contributed by atoms with Crippen LogP contribution in [0.2, 0.25) is 5.02 Å². The van der Waals surface area contributed by atoms with Crippen LogP contribution in [0, 0.1) is 20.2 Å². The topological polar surface area (TPSA) is 134 Å². The van der Waals surface area contributed by atoms with Crippen molar-refractivity contribution >= 4 is 23.0 Å². The van der Waals surface area contributed by atoms with E-state index in [2.05, 4.69) is 10.1 Å². The maximum atomic E-state index is 10.8. The van der Waals surface area contributed by atoms with Gasteiger partial charge in [-0.2, -0.15) is 4.98 Å². The second kappa shape index (κ2) is 8.82. The van der Waals surface area contributed by atoms with Crippen molar-refractivity contribution in [2.24, 2.45) is 0 Å². The van der Waals surface area contributed by atoms with E-state index in [-0.39, 0.29) is 23.0 Å². The van der Waals surface area contributed by atoms with Gasteiger partial charge in [-0.05, 0) is 35.9 Å². The van der Waals surface area contributed by atoms with E-state index < -0.39 is 9.85 Å². The summed E-state index contributed by atoms with van der Waals surface area (Å²) in [5.74, 6) is 0.949. The lowest BCUT2D eigenvalue weighted by Crippen LogP contribution is -1.97. The largest absolute Gasteiger partial charge is 0.487 e. The fourth-order valence-corrected chi connectivity index (χ4v) is 3.04. The highest BCUT2D eigenvalue weighted by molar-refractivity contribution is 6.32. The Bertz CT molecular complexity index is 1290. The van der Waals surface area contributed by atoms with Gasteiger partial charge in [-0.15, -0.1) is 0 Å². The van der Waals surface area contributed by atoms with Gasteiger partial charge >= 0.3 is 0 Å². The number of halogens is 1. The Morgan fingerprint density at radius 1 is 0.875 bits per heavy atom. The molecular formula is C21H13ClN4O6. The second-order valence-corrected chi connectivity index (χ2v) is 6.99. The number of benzene rings is 3. The van der Waals surface area contributed by atoms with Crippen molar-refractivity contribution in [3.63, 3.8) is 0 Å². The summed E-state index contributed by atoms with van der Waals surface area (Å²) >= 11 is 6.03. The van der Waals surface area contributed by atoms with Crippen LogP contribution in [-0.2, 0) is 6.61 Å². The van der Waals surface area contributed by atoms with Crippen LogP contribution in [0.15, 0.2) is 71.3 Å². The lowest BCUT2D eigenvalue weighted by atomic mass is 10.1. The SMILES string of the molecule is O=[N+]([O-])c1ccc(-c2noc(-c3ccc(COc4ccc([N+](=O)[O-])cc4Cl)cc3)n2)cc1. The van der Waals surface area contributed by atoms with Gasteiger partial charge in [0.15, 0.2) is 0 Å². The molecule has 0 fully saturated rings. The van der Waals surface area contributed by atoms with E-state index in [4.69, 9.17) is 20.9 Å². The van der Waals surface area contributed by atoms with Crippen molar-refractivity contribution in [2.45, 2.75) is 6.61 Å². The van der Waals surface area contributed by atoms with E-state index in [1.165, 1.54) is 30.3 Å². The van der Waals surface area contributed by atoms with Gasteiger partial charge < -0.3 is 9.26 Å². The molecule has 0 aliphatic rings. The fourth-order valence-electron chi connectivity index (χ4n) is 2.82. The molecule has 0 N–H and O–H groups in total. The highest BCUT2D eigenvalue weighted by Gasteiger charge is 2.13. The number of non-ortho nitro benzene ring substituents is 2. The number of nitrogens with zero attached hydrogens (tertiary/aromatic N) is 4. The predicted molar refractivity (Wildman–Crippen MR) is 114 cm³/mol. The molecular weight excluding hydrogens is 440 g/mol. The summed E-state index contributed by atoms with van der Waals surface area (Å²) < 4.78 is 10.9. The first-order chi connectivity index (χ1) is 15.4. The lowest BCUT2D eigenvalue weighted by Gasteiger charge is -2.08. The van der Waals surface area contributed by atoms with Gasteiger partial charge in [-0.3, -0.25) is 20.2 Å². The monoisotopic (exact) mass is 452 g/mol. The standard InChI is InChI=1S/C21H13ClN4O6/c22-18-11-17(26(29)30)9-10-19(18)31-12-13-1-3-15(4-2-13)21-23-20(24-32-21)14-5-7-16(8-6-14)25(27)28/h1-11H,12H2. The molecule has 0 aliphatic heterocycles. The molecule has 10 nitrogen and oxygen atoms in total. The van der Waals surface area contributed by atoms with Crippen molar-refractivity contribution < 1.29 is 19.1 Å². The molecule has 3 aromatic carbocycles. The molecule has 0 saturated carbocycles. The Morgan fingerprint density at radius 3 is 2.12 bits per heavy atom. The molecule has 4 rings (SSSR count). The van der Waals surface area contributed by atoms with Crippen LogP contribution < -0.4 is 4.74 Å². The molecule has 11 heteroatoms. The molecule has 0 amide bonds. The maximum Gasteiger partial charge on any atom is 0.271 e. The third-order valence-electron chi connectivity index (χ3n) is 4.48. The van der Waals surface area contributed by atoms with Gasteiger partial charge in [0.05, 0.1) is 14.9 Å². The van der Waals surface area contributed by atoms with Gasteiger partial charge in [0.2, 0.25) is 5.82 Å². The average Bonchev–Trinajstić information content (AvgIpc) is 3.29. The van der Waals surface area contributed by atoms with Crippen LogP contribution >= 0.6 is 11.6 Å². The van der Waals surface area contributed by atoms with E-state index in [1.807, 2.05) is 12.1 Å². The third kappa shape index (κ3) is 4.55. The van der Waals surface area contributed by atoms with Gasteiger partial charge in [-0.1, -0.05) is 28.9 Å². The van der Waals surface area contributed by atoms with Gasteiger partial charge in [0.1, 0.15) is 12.4 Å². The van der Waals surface area contributed by atoms with Crippen LogP contribution in [0.1, 0.15) is 5.56 Å². The Balaban J connectivity index is 1.43. The first kappa shape index (κ1) is 20.9. The number of hydrogen-bond donors (Lipinski definition) is 0. The number of rotatable bonds is 7. The summed E-state index contributed by atoms with van der Waals surface area (Å²) in [4.78, 5) is 24.9. The highest BCUT2D eigenvalue weighted by atomic mass is 35.5. The van der Waals surface area contributed by atoms with Crippen LogP contribution in [0.5, 0.6) is 5.75 Å². The predicted octanol–water partition coefficient (Wildman–Crippen LogP) is 5.45. The van der Waals surface area contributed by atoms with Crippen molar-refractivity contribution in [3.05, 3.63) is 97.5 Å². The molecule has 0 spiro atoms. The molecule has 1 aromatic heterocycles. The minimum atomic E-state index is -0.529. The molecule has 0 aliphatic carbocycles. The Morgan fingerprint density at radius 2 is 1.50 bits per heavy atom. The highest BCUT2D eigenvalue weighted by Crippen LogP contribution is 2.29. The van der Waals surface area contributed by atoms with E-state index >= 15 is 0 Å². The molecule has 0 atom stereocenters. The summed E-state index contributed by atoms with van der Waals surface area (Å²) in [6, 6.07) is 17.0. The second-order valence-electron chi connectivity index (χ2n) is 6.58. The zero-order chi connectivity index (χ0) is 22.7. The van der Waals surface area contributed by atoms with Gasteiger partial charge in [-0.25, -0.2) is 0 Å².